The normalized spacial score (nSPS) is 15.7. The Labute approximate surface area is 259 Å². The van der Waals surface area contributed by atoms with Crippen LogP contribution >= 0.6 is 11.3 Å². The van der Waals surface area contributed by atoms with Crippen LogP contribution in [0.15, 0.2) is 29.2 Å². The summed E-state index contributed by atoms with van der Waals surface area (Å²) in [6.45, 7) is 8.01. The number of thiophene rings is 1. The van der Waals surface area contributed by atoms with E-state index in [1.54, 1.807) is 18.9 Å². The third-order valence-electron chi connectivity index (χ3n) is 8.18. The van der Waals surface area contributed by atoms with Crippen LogP contribution in [0.25, 0.3) is 0 Å². The smallest absolute Gasteiger partial charge is 0.410 e. The van der Waals surface area contributed by atoms with Gasteiger partial charge in [-0.3, -0.25) is 9.59 Å². The molecule has 10 nitrogen and oxygen atoms in total. The third kappa shape index (κ3) is 7.41. The Balaban J connectivity index is 1.59. The quantitative estimate of drug-likeness (QED) is 0.338. The van der Waals surface area contributed by atoms with Crippen molar-refractivity contribution in [2.45, 2.75) is 89.6 Å². The number of hydrogen-bond donors (Lipinski definition) is 1. The number of sulfonamides is 1. The van der Waals surface area contributed by atoms with Gasteiger partial charge < -0.3 is 19.9 Å². The lowest BCUT2D eigenvalue weighted by Crippen LogP contribution is -2.38. The van der Waals surface area contributed by atoms with E-state index in [1.807, 2.05) is 18.7 Å². The molecule has 1 N–H and O–H groups in total. The molecule has 2 heterocycles. The van der Waals surface area contributed by atoms with Crippen LogP contribution in [0.3, 0.4) is 0 Å². The number of carbonyl (C=O) groups excluding carboxylic acids is 3. The second-order valence-corrected chi connectivity index (χ2v) is 14.3. The lowest BCUT2D eigenvalue weighted by Gasteiger charge is -2.30. The SMILES string of the molecule is CCCN(CCC)C(=O)c1c(NC(=O)c2ccc(S(=O)(=O)N(C)C3CCCCC3)cc2)sc2c1CCN(C(=O)OCC)C2. The van der Waals surface area contributed by atoms with Gasteiger partial charge in [0, 0.05) is 43.2 Å². The molecule has 0 bridgehead atoms. The summed E-state index contributed by atoms with van der Waals surface area (Å²) in [5.74, 6) is -0.565. The minimum Gasteiger partial charge on any atom is -0.450 e. The molecule has 3 amide bonds. The van der Waals surface area contributed by atoms with E-state index >= 15 is 0 Å². The maximum atomic E-state index is 13.9. The van der Waals surface area contributed by atoms with E-state index in [0.717, 1.165) is 55.4 Å². The molecule has 2 aliphatic rings. The molecule has 1 aliphatic carbocycles. The van der Waals surface area contributed by atoms with Gasteiger partial charge in [-0.25, -0.2) is 13.2 Å². The molecule has 1 saturated carbocycles. The zero-order chi connectivity index (χ0) is 31.1. The van der Waals surface area contributed by atoms with Crippen LogP contribution in [-0.4, -0.2) is 79.8 Å². The molecule has 0 atom stereocenters. The van der Waals surface area contributed by atoms with Gasteiger partial charge in [-0.2, -0.15) is 4.31 Å². The number of ether oxygens (including phenoxy) is 1. The van der Waals surface area contributed by atoms with Gasteiger partial charge in [-0.05, 0) is 68.9 Å². The van der Waals surface area contributed by atoms with E-state index in [9.17, 15) is 22.8 Å². The number of benzene rings is 1. The largest absolute Gasteiger partial charge is 0.450 e. The highest BCUT2D eigenvalue weighted by atomic mass is 32.2. The highest BCUT2D eigenvalue weighted by Crippen LogP contribution is 2.38. The molecule has 1 aromatic heterocycles. The molecule has 0 spiro atoms. The van der Waals surface area contributed by atoms with Crippen molar-refractivity contribution in [2.24, 2.45) is 0 Å². The second kappa shape index (κ2) is 14.7. The molecule has 1 aliphatic heterocycles. The first-order valence-corrected chi connectivity index (χ1v) is 17.6. The first kappa shape index (κ1) is 32.9. The van der Waals surface area contributed by atoms with Gasteiger partial charge in [0.05, 0.1) is 23.6 Å². The molecule has 0 unspecified atom stereocenters. The Bertz CT molecular complexity index is 1390. The molecule has 236 valence electrons. The fourth-order valence-corrected chi connectivity index (χ4v) is 8.53. The highest BCUT2D eigenvalue weighted by Gasteiger charge is 2.33. The molecular weight excluding hydrogens is 588 g/mol. The van der Waals surface area contributed by atoms with Gasteiger partial charge in [-0.15, -0.1) is 11.3 Å². The van der Waals surface area contributed by atoms with Gasteiger partial charge in [-0.1, -0.05) is 33.1 Å². The van der Waals surface area contributed by atoms with Gasteiger partial charge in [0.2, 0.25) is 10.0 Å². The standard InChI is InChI=1S/C31H44N4O6S2/c1-5-18-34(19-6-2)30(37)27-25-17-20-35(31(38)41-7-3)21-26(25)42-29(27)32-28(36)22-13-15-24(16-14-22)43(39,40)33(4)23-11-9-8-10-12-23/h13-16,23H,5-12,17-21H2,1-4H3,(H,32,36). The van der Waals surface area contributed by atoms with Crippen LogP contribution in [0.5, 0.6) is 0 Å². The van der Waals surface area contributed by atoms with Crippen molar-refractivity contribution < 1.29 is 27.5 Å². The molecule has 2 aromatic rings. The summed E-state index contributed by atoms with van der Waals surface area (Å²) in [7, 11) is -2.05. The number of anilines is 1. The van der Waals surface area contributed by atoms with E-state index in [1.165, 1.54) is 39.9 Å². The summed E-state index contributed by atoms with van der Waals surface area (Å²) in [4.78, 5) is 44.2. The lowest BCUT2D eigenvalue weighted by atomic mass is 9.96. The summed E-state index contributed by atoms with van der Waals surface area (Å²) in [5, 5.41) is 3.38. The zero-order valence-corrected chi connectivity index (χ0v) is 27.3. The van der Waals surface area contributed by atoms with E-state index in [0.29, 0.717) is 43.2 Å². The molecule has 43 heavy (non-hydrogen) atoms. The Hall–Kier alpha value is -2.96. The fourth-order valence-electron chi connectivity index (χ4n) is 5.86. The summed E-state index contributed by atoms with van der Waals surface area (Å²) in [6.07, 6.45) is 6.58. The summed E-state index contributed by atoms with van der Waals surface area (Å²) in [5.41, 5.74) is 1.62. The molecular formula is C31H44N4O6S2. The molecule has 12 heteroatoms. The Morgan fingerprint density at radius 2 is 1.67 bits per heavy atom. The molecule has 0 radical (unpaired) electrons. The molecule has 0 saturated heterocycles. The van der Waals surface area contributed by atoms with E-state index in [4.69, 9.17) is 4.74 Å². The van der Waals surface area contributed by atoms with E-state index < -0.39 is 22.0 Å². The van der Waals surface area contributed by atoms with Gasteiger partial charge >= 0.3 is 6.09 Å². The van der Waals surface area contributed by atoms with Crippen LogP contribution in [0.1, 0.15) is 96.9 Å². The van der Waals surface area contributed by atoms with Gasteiger partial charge in [0.1, 0.15) is 5.00 Å². The Morgan fingerprint density at radius 3 is 2.28 bits per heavy atom. The molecule has 1 aromatic carbocycles. The second-order valence-electron chi connectivity index (χ2n) is 11.2. The van der Waals surface area contributed by atoms with Crippen LogP contribution in [-0.2, 0) is 27.7 Å². The maximum absolute atomic E-state index is 13.9. The van der Waals surface area contributed by atoms with Crippen molar-refractivity contribution in [1.82, 2.24) is 14.1 Å². The predicted octanol–water partition coefficient (Wildman–Crippen LogP) is 5.73. The van der Waals surface area contributed by atoms with Gasteiger partial charge in [0.15, 0.2) is 0 Å². The van der Waals surface area contributed by atoms with Crippen LogP contribution in [0, 0.1) is 0 Å². The highest BCUT2D eigenvalue weighted by molar-refractivity contribution is 7.89. The summed E-state index contributed by atoms with van der Waals surface area (Å²) < 4.78 is 33.2. The summed E-state index contributed by atoms with van der Waals surface area (Å²) >= 11 is 1.30. The van der Waals surface area contributed by atoms with Crippen molar-refractivity contribution in [3.05, 3.63) is 45.8 Å². The lowest BCUT2D eigenvalue weighted by molar-refractivity contribution is 0.0755. The minimum atomic E-state index is -3.69. The number of rotatable bonds is 11. The van der Waals surface area contributed by atoms with Crippen molar-refractivity contribution >= 4 is 44.3 Å². The zero-order valence-electron chi connectivity index (χ0n) is 25.7. The number of amides is 3. The van der Waals surface area contributed by atoms with Crippen molar-refractivity contribution in [1.29, 1.82) is 0 Å². The average molecular weight is 633 g/mol. The van der Waals surface area contributed by atoms with Crippen LogP contribution in [0.4, 0.5) is 9.80 Å². The van der Waals surface area contributed by atoms with E-state index in [2.05, 4.69) is 5.32 Å². The van der Waals surface area contributed by atoms with E-state index in [-0.39, 0.29) is 29.0 Å². The monoisotopic (exact) mass is 632 g/mol. The first-order chi connectivity index (χ1) is 20.6. The Kier molecular flexibility index (Phi) is 11.2. The third-order valence-corrected chi connectivity index (χ3v) is 11.2. The topological polar surface area (TPSA) is 116 Å². The number of nitrogens with one attached hydrogen (secondary N) is 1. The van der Waals surface area contributed by atoms with Crippen LogP contribution < -0.4 is 5.32 Å². The number of nitrogens with zero attached hydrogens (tertiary/aromatic N) is 3. The predicted molar refractivity (Wildman–Crippen MR) is 168 cm³/mol. The molecule has 4 rings (SSSR count). The number of fused-ring (bicyclic) bond motifs is 1. The number of carbonyl (C=O) groups is 3. The minimum absolute atomic E-state index is 0.0118. The summed E-state index contributed by atoms with van der Waals surface area (Å²) in [6, 6.07) is 5.94. The van der Waals surface area contributed by atoms with Crippen molar-refractivity contribution in [2.75, 3.05) is 38.6 Å². The Morgan fingerprint density at radius 1 is 1.02 bits per heavy atom. The number of hydrogen-bond acceptors (Lipinski definition) is 7. The van der Waals surface area contributed by atoms with Crippen molar-refractivity contribution in [3.63, 3.8) is 0 Å². The molecule has 1 fully saturated rings. The first-order valence-electron chi connectivity index (χ1n) is 15.4. The van der Waals surface area contributed by atoms with Crippen LogP contribution in [0.2, 0.25) is 0 Å². The van der Waals surface area contributed by atoms with Gasteiger partial charge in [0.25, 0.3) is 11.8 Å². The maximum Gasteiger partial charge on any atom is 0.410 e. The fraction of sp³-hybridized carbons (Fsp3) is 0.581. The average Bonchev–Trinajstić information content (AvgIpc) is 3.37. The van der Waals surface area contributed by atoms with Crippen molar-refractivity contribution in [3.8, 4) is 0 Å².